The van der Waals surface area contributed by atoms with Crippen LogP contribution in [0.4, 0.5) is 0 Å². The Bertz CT molecular complexity index is 1030. The van der Waals surface area contributed by atoms with Gasteiger partial charge in [0.15, 0.2) is 17.3 Å². The number of methoxy groups -OCH3 is 1. The van der Waals surface area contributed by atoms with E-state index in [1.807, 2.05) is 18.2 Å². The highest BCUT2D eigenvalue weighted by atomic mass is 16.6. The topological polar surface area (TPSA) is 97.3 Å². The summed E-state index contributed by atoms with van der Waals surface area (Å²) in [6, 6.07) is 12.9. The van der Waals surface area contributed by atoms with Crippen LogP contribution in [0.3, 0.4) is 0 Å². The molecule has 0 spiro atoms. The molecule has 0 aliphatic carbocycles. The van der Waals surface area contributed by atoms with Crippen molar-refractivity contribution in [2.75, 3.05) is 40.0 Å². The molecule has 2 aromatic rings. The lowest BCUT2D eigenvalue weighted by molar-refractivity contribution is -0.122. The number of likely N-dealkylation sites (tertiary alicyclic amines) is 1. The highest BCUT2D eigenvalue weighted by molar-refractivity contribution is 5.96. The molecule has 2 heterocycles. The van der Waals surface area contributed by atoms with E-state index in [0.717, 1.165) is 35.8 Å². The van der Waals surface area contributed by atoms with Crippen molar-refractivity contribution in [3.63, 3.8) is 0 Å². The standard InChI is InChI=1S/C28H36N2O6/c1-34-24-9-7-21(8-10-24)25(32)4-2-3-5-28(33)29-22(18-30-13-12-23(31)19-30)16-20-6-11-26-27(17-20)36-15-14-35-26/h6-11,17,22-23,31H,2-5,12-16,18-19H2,1H3,(H,29,33)/t22-,23?/m0/s1. The van der Waals surface area contributed by atoms with E-state index < -0.39 is 0 Å². The fraction of sp³-hybridized carbons (Fsp3) is 0.500. The van der Waals surface area contributed by atoms with Crippen LogP contribution in [-0.2, 0) is 11.2 Å². The number of carbonyl (C=O) groups excluding carboxylic acids is 2. The molecule has 1 unspecified atom stereocenters. The van der Waals surface area contributed by atoms with Gasteiger partial charge in [-0.25, -0.2) is 0 Å². The van der Waals surface area contributed by atoms with Gasteiger partial charge in [-0.2, -0.15) is 0 Å². The number of nitrogens with one attached hydrogen (secondary N) is 1. The predicted octanol–water partition coefficient (Wildman–Crippen LogP) is 3.00. The molecule has 2 aliphatic heterocycles. The summed E-state index contributed by atoms with van der Waals surface area (Å²) < 4.78 is 16.5. The van der Waals surface area contributed by atoms with Gasteiger partial charge in [-0.05, 0) is 67.6 Å². The molecule has 1 fully saturated rings. The van der Waals surface area contributed by atoms with Crippen molar-refractivity contribution < 1.29 is 28.9 Å². The average molecular weight is 497 g/mol. The van der Waals surface area contributed by atoms with Gasteiger partial charge < -0.3 is 24.6 Å². The third kappa shape index (κ3) is 7.45. The Morgan fingerprint density at radius 1 is 1.08 bits per heavy atom. The van der Waals surface area contributed by atoms with E-state index in [4.69, 9.17) is 14.2 Å². The largest absolute Gasteiger partial charge is 0.497 e. The lowest BCUT2D eigenvalue weighted by atomic mass is 10.0. The van der Waals surface area contributed by atoms with Gasteiger partial charge in [0.25, 0.3) is 0 Å². The van der Waals surface area contributed by atoms with Crippen molar-refractivity contribution in [2.45, 2.75) is 50.7 Å². The number of rotatable bonds is 12. The lowest BCUT2D eigenvalue weighted by Gasteiger charge is -2.25. The minimum atomic E-state index is -0.307. The van der Waals surface area contributed by atoms with E-state index in [-0.39, 0.29) is 23.8 Å². The molecule has 1 saturated heterocycles. The van der Waals surface area contributed by atoms with Gasteiger partial charge >= 0.3 is 0 Å². The zero-order valence-electron chi connectivity index (χ0n) is 20.9. The van der Waals surface area contributed by atoms with Crippen molar-refractivity contribution in [1.82, 2.24) is 10.2 Å². The number of unbranched alkanes of at least 4 members (excludes halogenated alkanes) is 1. The van der Waals surface area contributed by atoms with Crippen molar-refractivity contribution in [3.05, 3.63) is 53.6 Å². The van der Waals surface area contributed by atoms with Gasteiger partial charge in [-0.15, -0.1) is 0 Å². The summed E-state index contributed by atoms with van der Waals surface area (Å²) in [5.41, 5.74) is 1.72. The minimum Gasteiger partial charge on any atom is -0.497 e. The second kappa shape index (κ2) is 12.7. The number of hydrogen-bond donors (Lipinski definition) is 2. The molecule has 0 saturated carbocycles. The van der Waals surface area contributed by atoms with E-state index in [1.54, 1.807) is 31.4 Å². The Labute approximate surface area is 212 Å². The number of nitrogens with zero attached hydrogens (tertiary/aromatic N) is 1. The number of ether oxygens (including phenoxy) is 3. The fourth-order valence-electron chi connectivity index (χ4n) is 4.74. The summed E-state index contributed by atoms with van der Waals surface area (Å²) in [7, 11) is 1.59. The zero-order chi connectivity index (χ0) is 25.3. The molecule has 0 aromatic heterocycles. The number of aliphatic hydroxyl groups is 1. The average Bonchev–Trinajstić information content (AvgIpc) is 3.30. The number of hydrogen-bond acceptors (Lipinski definition) is 7. The van der Waals surface area contributed by atoms with Gasteiger partial charge in [-0.3, -0.25) is 14.5 Å². The van der Waals surface area contributed by atoms with Gasteiger partial charge in [-0.1, -0.05) is 6.07 Å². The molecule has 36 heavy (non-hydrogen) atoms. The number of aliphatic hydroxyl groups excluding tert-OH is 1. The summed E-state index contributed by atoms with van der Waals surface area (Å²) in [6.45, 7) is 3.20. The molecule has 194 valence electrons. The summed E-state index contributed by atoms with van der Waals surface area (Å²) in [6.07, 6.45) is 3.19. The van der Waals surface area contributed by atoms with Crippen LogP contribution in [0.2, 0.25) is 0 Å². The quantitative estimate of drug-likeness (QED) is 0.344. The molecule has 2 aliphatic rings. The molecule has 0 radical (unpaired) electrons. The number of amides is 1. The van der Waals surface area contributed by atoms with Crippen LogP contribution in [0.5, 0.6) is 17.2 Å². The summed E-state index contributed by atoms with van der Waals surface area (Å²) in [5.74, 6) is 2.26. The van der Waals surface area contributed by atoms with Crippen LogP contribution in [0.25, 0.3) is 0 Å². The van der Waals surface area contributed by atoms with Crippen molar-refractivity contribution >= 4 is 11.7 Å². The van der Waals surface area contributed by atoms with Gasteiger partial charge in [0.2, 0.25) is 5.91 Å². The lowest BCUT2D eigenvalue weighted by Crippen LogP contribution is -2.44. The van der Waals surface area contributed by atoms with Crippen LogP contribution < -0.4 is 19.5 Å². The van der Waals surface area contributed by atoms with Crippen LogP contribution in [0.15, 0.2) is 42.5 Å². The van der Waals surface area contributed by atoms with E-state index >= 15 is 0 Å². The number of carbonyl (C=O) groups is 2. The first-order valence-electron chi connectivity index (χ1n) is 12.8. The van der Waals surface area contributed by atoms with Gasteiger partial charge in [0, 0.05) is 44.1 Å². The number of β-amino-alcohol motifs (C(OH)–C–C–N with tert-alkyl or cyclic N) is 1. The minimum absolute atomic E-state index is 0.0193. The zero-order valence-corrected chi connectivity index (χ0v) is 20.9. The Balaban J connectivity index is 1.27. The smallest absolute Gasteiger partial charge is 0.220 e. The highest BCUT2D eigenvalue weighted by Crippen LogP contribution is 2.31. The molecular weight excluding hydrogens is 460 g/mol. The number of Topliss-reactive ketones (excluding diaryl/α,β-unsaturated/α-hetero) is 1. The summed E-state index contributed by atoms with van der Waals surface area (Å²) >= 11 is 0. The SMILES string of the molecule is COc1ccc(C(=O)CCCCC(=O)N[C@@H](Cc2ccc3c(c2)OCCO3)CN2CCC(O)C2)cc1. The molecule has 8 nitrogen and oxygen atoms in total. The maximum absolute atomic E-state index is 12.8. The first-order chi connectivity index (χ1) is 17.5. The van der Waals surface area contributed by atoms with Gasteiger partial charge in [0.1, 0.15) is 19.0 Å². The Hall–Kier alpha value is -3.10. The first kappa shape index (κ1) is 26.0. The van der Waals surface area contributed by atoms with Crippen LogP contribution in [0, 0.1) is 0 Å². The van der Waals surface area contributed by atoms with Crippen LogP contribution >= 0.6 is 0 Å². The molecule has 2 atom stereocenters. The molecule has 1 amide bonds. The van der Waals surface area contributed by atoms with Crippen LogP contribution in [-0.4, -0.2) is 73.8 Å². The van der Waals surface area contributed by atoms with Crippen molar-refractivity contribution in [3.8, 4) is 17.2 Å². The Kier molecular flexibility index (Phi) is 9.19. The Morgan fingerprint density at radius 3 is 2.56 bits per heavy atom. The second-order valence-electron chi connectivity index (χ2n) is 9.51. The van der Waals surface area contributed by atoms with E-state index in [2.05, 4.69) is 10.2 Å². The van der Waals surface area contributed by atoms with Crippen molar-refractivity contribution in [1.29, 1.82) is 0 Å². The maximum atomic E-state index is 12.8. The van der Waals surface area contributed by atoms with E-state index in [0.29, 0.717) is 64.0 Å². The Morgan fingerprint density at radius 2 is 1.83 bits per heavy atom. The fourth-order valence-corrected chi connectivity index (χ4v) is 4.74. The van der Waals surface area contributed by atoms with E-state index in [1.165, 1.54) is 0 Å². The summed E-state index contributed by atoms with van der Waals surface area (Å²) in [4.78, 5) is 27.4. The van der Waals surface area contributed by atoms with Crippen LogP contribution in [0.1, 0.15) is 48.0 Å². The van der Waals surface area contributed by atoms with Crippen molar-refractivity contribution in [2.24, 2.45) is 0 Å². The monoisotopic (exact) mass is 496 g/mol. The van der Waals surface area contributed by atoms with Gasteiger partial charge in [0.05, 0.1) is 13.2 Å². The molecule has 4 rings (SSSR count). The molecular formula is C28H36N2O6. The van der Waals surface area contributed by atoms with E-state index in [9.17, 15) is 14.7 Å². The number of fused-ring (bicyclic) bond motifs is 1. The predicted molar refractivity (Wildman–Crippen MR) is 136 cm³/mol. The number of benzene rings is 2. The number of ketones is 1. The summed E-state index contributed by atoms with van der Waals surface area (Å²) in [5, 5.41) is 13.1. The first-order valence-corrected chi connectivity index (χ1v) is 12.8. The molecule has 2 aromatic carbocycles. The molecule has 8 heteroatoms. The third-order valence-corrected chi connectivity index (χ3v) is 6.65. The normalized spacial score (nSPS) is 18.0. The molecule has 2 N–H and O–H groups in total. The molecule has 0 bridgehead atoms. The third-order valence-electron chi connectivity index (χ3n) is 6.65. The highest BCUT2D eigenvalue weighted by Gasteiger charge is 2.24. The second-order valence-corrected chi connectivity index (χ2v) is 9.51. The maximum Gasteiger partial charge on any atom is 0.220 e.